The molecule has 0 saturated heterocycles. The fraction of sp³-hybridized carbons (Fsp3) is 0.938. The van der Waals surface area contributed by atoms with E-state index in [2.05, 4.69) is 6.92 Å². The Labute approximate surface area is 110 Å². The van der Waals surface area contributed by atoms with Crippen LogP contribution >= 0.6 is 0 Å². The minimum Gasteiger partial charge on any atom is -0.303 e. The van der Waals surface area contributed by atoms with Crippen LogP contribution in [0, 0.1) is 0 Å². The third-order valence-electron chi connectivity index (χ3n) is 3.38. The average Bonchev–Trinajstić information content (AvgIpc) is 2.34. The van der Waals surface area contributed by atoms with Crippen molar-refractivity contribution in [3.63, 3.8) is 0 Å². The zero-order valence-corrected chi connectivity index (χ0v) is 11.8. The zero-order valence-electron chi connectivity index (χ0n) is 12.8. The second kappa shape index (κ2) is 15.7. The van der Waals surface area contributed by atoms with Crippen molar-refractivity contribution >= 4 is 6.26 Å². The van der Waals surface area contributed by atoms with Crippen LogP contribution in [0.25, 0.3) is 0 Å². The molecule has 0 spiro atoms. The van der Waals surface area contributed by atoms with E-state index in [4.69, 9.17) is 1.37 Å². The van der Waals surface area contributed by atoms with Crippen molar-refractivity contribution in [2.24, 2.45) is 0 Å². The Kier molecular flexibility index (Phi) is 13.6. The van der Waals surface area contributed by atoms with Gasteiger partial charge in [-0.2, -0.15) is 0 Å². The van der Waals surface area contributed by atoms with Gasteiger partial charge < -0.3 is 4.79 Å². The highest BCUT2D eigenvalue weighted by atomic mass is 16.1. The first-order valence-electron chi connectivity index (χ1n) is 8.26. The van der Waals surface area contributed by atoms with Crippen LogP contribution in [0.1, 0.15) is 98.2 Å². The lowest BCUT2D eigenvalue weighted by atomic mass is 10.0. The van der Waals surface area contributed by atoms with Crippen LogP contribution in [0.3, 0.4) is 0 Å². The third-order valence-corrected chi connectivity index (χ3v) is 3.38. The molecule has 0 aliphatic heterocycles. The zero-order chi connectivity index (χ0) is 13.5. The van der Waals surface area contributed by atoms with Crippen LogP contribution < -0.4 is 0 Å². The topological polar surface area (TPSA) is 17.1 Å². The number of aldehydes is 1. The van der Waals surface area contributed by atoms with Gasteiger partial charge in [0.1, 0.15) is 7.63 Å². The monoisotopic (exact) mass is 242 g/mol. The third kappa shape index (κ3) is 15.7. The second-order valence-electron chi connectivity index (χ2n) is 5.14. The van der Waals surface area contributed by atoms with Gasteiger partial charge >= 0.3 is 0 Å². The molecule has 1 heteroatoms. The average molecular weight is 242 g/mol. The number of carbonyl (C=O) groups is 1. The first kappa shape index (κ1) is 14.7. The molecule has 0 fully saturated rings. The molecule has 102 valence electrons. The van der Waals surface area contributed by atoms with Crippen LogP contribution in [0.4, 0.5) is 0 Å². The highest BCUT2D eigenvalue weighted by Gasteiger charge is 1.93. The number of hydrogen-bond acceptors (Lipinski definition) is 1. The fourth-order valence-electron chi connectivity index (χ4n) is 2.21. The largest absolute Gasteiger partial charge is 0.303 e. The molecular weight excluding hydrogens is 208 g/mol. The van der Waals surface area contributed by atoms with Crippen molar-refractivity contribution in [1.82, 2.24) is 0 Å². The molecule has 0 aliphatic carbocycles. The summed E-state index contributed by atoms with van der Waals surface area (Å²) in [6.07, 6.45) is 17.2. The quantitative estimate of drug-likeness (QED) is 0.283. The van der Waals surface area contributed by atoms with E-state index in [0.717, 1.165) is 12.8 Å². The second-order valence-corrected chi connectivity index (χ2v) is 5.14. The van der Waals surface area contributed by atoms with Crippen molar-refractivity contribution < 1.29 is 6.17 Å². The van der Waals surface area contributed by atoms with E-state index >= 15 is 0 Å². The van der Waals surface area contributed by atoms with Crippen LogP contribution in [0.5, 0.6) is 0 Å². The van der Waals surface area contributed by atoms with E-state index in [1.807, 2.05) is 0 Å². The summed E-state index contributed by atoms with van der Waals surface area (Å²) in [5.74, 6) is 0. The molecule has 0 unspecified atom stereocenters. The SMILES string of the molecule is [3H]C(=O)CCCCCCCCCCCCCCC. The van der Waals surface area contributed by atoms with Gasteiger partial charge in [-0.15, -0.1) is 0 Å². The van der Waals surface area contributed by atoms with Gasteiger partial charge in [-0.1, -0.05) is 84.0 Å². The summed E-state index contributed by atoms with van der Waals surface area (Å²) >= 11 is 0. The van der Waals surface area contributed by atoms with Crippen molar-refractivity contribution in [1.29, 1.82) is 0 Å². The first-order valence-corrected chi connectivity index (χ1v) is 7.76. The molecule has 0 amide bonds. The summed E-state index contributed by atoms with van der Waals surface area (Å²) in [4.78, 5) is 10.4. The van der Waals surface area contributed by atoms with Gasteiger partial charge in [0.2, 0.25) is 0 Å². The van der Waals surface area contributed by atoms with Crippen LogP contribution in [-0.4, -0.2) is 6.26 Å². The standard InChI is InChI=1S/C16H32O/c1-2-3-4-5-6-7-8-9-10-11-12-13-14-15-16-17/h16H,2-15H2,1H3/i16T. The molecule has 0 heterocycles. The van der Waals surface area contributed by atoms with Gasteiger partial charge in [0.15, 0.2) is 0 Å². The molecule has 0 N–H and O–H groups in total. The summed E-state index contributed by atoms with van der Waals surface area (Å²) in [6.45, 7) is 2.26. The Morgan fingerprint density at radius 2 is 1.06 bits per heavy atom. The van der Waals surface area contributed by atoms with Crippen LogP contribution in [-0.2, 0) is 4.79 Å². The summed E-state index contributed by atoms with van der Waals surface area (Å²) in [6, 6.07) is 0. The molecule has 0 aromatic carbocycles. The Morgan fingerprint density at radius 3 is 1.41 bits per heavy atom. The number of carbonyl (C=O) groups excluding carboxylic acids is 1. The Balaban J connectivity index is 2.92. The fourth-order valence-corrected chi connectivity index (χ4v) is 2.21. The minimum atomic E-state index is -0.405. The Hall–Kier alpha value is -0.330. The maximum atomic E-state index is 10.4. The summed E-state index contributed by atoms with van der Waals surface area (Å²) in [5.41, 5.74) is 0. The van der Waals surface area contributed by atoms with Gasteiger partial charge in [0.25, 0.3) is 0 Å². The van der Waals surface area contributed by atoms with E-state index in [-0.39, 0.29) is 0 Å². The summed E-state index contributed by atoms with van der Waals surface area (Å²) in [5, 5.41) is 0. The highest BCUT2D eigenvalue weighted by molar-refractivity contribution is 5.48. The maximum Gasteiger partial charge on any atom is 0.119 e. The predicted octanol–water partition coefficient (Wildman–Crippen LogP) is 5.67. The smallest absolute Gasteiger partial charge is 0.119 e. The van der Waals surface area contributed by atoms with Crippen molar-refractivity contribution in [2.75, 3.05) is 0 Å². The lowest BCUT2D eigenvalue weighted by Crippen LogP contribution is -1.83. The molecule has 0 radical (unpaired) electrons. The lowest BCUT2D eigenvalue weighted by Gasteiger charge is -2.02. The van der Waals surface area contributed by atoms with Crippen LogP contribution in [0.2, 0.25) is 0 Å². The summed E-state index contributed by atoms with van der Waals surface area (Å²) < 4.78 is 6.79. The number of hydrogen-bond donors (Lipinski definition) is 0. The highest BCUT2D eigenvalue weighted by Crippen LogP contribution is 2.12. The molecule has 17 heavy (non-hydrogen) atoms. The molecule has 0 atom stereocenters. The molecule has 0 aromatic rings. The summed E-state index contributed by atoms with van der Waals surface area (Å²) in [7, 11) is 0. The van der Waals surface area contributed by atoms with Crippen LogP contribution in [0.15, 0.2) is 0 Å². The molecule has 0 bridgehead atoms. The molecular formula is C16H32O. The normalized spacial score (nSPS) is 11.5. The molecule has 0 aromatic heterocycles. The lowest BCUT2D eigenvalue weighted by molar-refractivity contribution is -0.107. The minimum absolute atomic E-state index is 0.405. The molecule has 1 nitrogen and oxygen atoms in total. The van der Waals surface area contributed by atoms with E-state index < -0.39 is 6.26 Å². The molecule has 0 rings (SSSR count). The van der Waals surface area contributed by atoms with Gasteiger partial charge in [-0.25, -0.2) is 0 Å². The number of rotatable bonds is 14. The van der Waals surface area contributed by atoms with Gasteiger partial charge in [-0.3, -0.25) is 0 Å². The van der Waals surface area contributed by atoms with E-state index in [9.17, 15) is 4.79 Å². The van der Waals surface area contributed by atoms with Crippen molar-refractivity contribution in [3.05, 3.63) is 0 Å². The molecule has 0 aliphatic rings. The van der Waals surface area contributed by atoms with Gasteiger partial charge in [0, 0.05) is 6.42 Å². The van der Waals surface area contributed by atoms with E-state index in [1.54, 1.807) is 0 Å². The predicted molar refractivity (Wildman–Crippen MR) is 76.4 cm³/mol. The van der Waals surface area contributed by atoms with Gasteiger partial charge in [-0.05, 0) is 6.42 Å². The van der Waals surface area contributed by atoms with E-state index in [1.165, 1.54) is 70.6 Å². The van der Waals surface area contributed by atoms with Crippen molar-refractivity contribution in [2.45, 2.75) is 96.8 Å². The first-order chi connectivity index (χ1) is 8.77. The van der Waals surface area contributed by atoms with E-state index in [0.29, 0.717) is 6.42 Å². The number of unbranched alkanes of at least 4 members (excludes halogenated alkanes) is 12. The van der Waals surface area contributed by atoms with Gasteiger partial charge in [0.05, 0.1) is 0 Å². The molecule has 0 saturated carbocycles. The Morgan fingerprint density at radius 1 is 0.706 bits per heavy atom. The van der Waals surface area contributed by atoms with Crippen molar-refractivity contribution in [3.8, 4) is 0 Å². The Bertz CT molecular complexity index is 180. The maximum absolute atomic E-state index is 10.4.